The van der Waals surface area contributed by atoms with Gasteiger partial charge in [0.2, 0.25) is 5.91 Å². The molecule has 76 heavy (non-hydrogen) atoms. The Balaban J connectivity index is 0.811. The Kier molecular flexibility index (Phi) is 21.7. The van der Waals surface area contributed by atoms with Gasteiger partial charge >= 0.3 is 29.8 Å². The molecule has 1 saturated heterocycles. The van der Waals surface area contributed by atoms with Crippen LogP contribution in [-0.2, 0) is 36.6 Å². The minimum atomic E-state index is -6.76. The number of nitrogens with zero attached hydrogens (tertiary/aromatic N) is 2. The lowest BCUT2D eigenvalue weighted by molar-refractivity contribution is -0.457. The third kappa shape index (κ3) is 15.3. The lowest BCUT2D eigenvalue weighted by atomic mass is 9.55. The molecule has 6 rings (SSSR count). The SMILES string of the molecule is COCC1OC(n2cc(CCC(=O)NCCCCCCSSC(C)(C)CCN(C)CCOc3ccc4c(c3)CCC3C4CCC4(C)C(OCCCOC(C(F)(F)F)(C(F)(F)F)C(F)(F)F)CCC34)c(=O)[nH]c2=O)CC1O. The molecule has 2 saturated carbocycles. The quantitative estimate of drug-likeness (QED) is 0.0422. The number of unbranched alkanes of at least 4 members (excludes halogenated alkanes) is 3. The number of ether oxygens (including phenoxy) is 5. The normalized spacial score (nSPS) is 25.1. The maximum absolute atomic E-state index is 13.3. The number of aromatic nitrogens is 2. The van der Waals surface area contributed by atoms with E-state index in [2.05, 4.69) is 59.9 Å². The number of aryl methyl sites for hydroxylation is 2. The molecule has 0 spiro atoms. The number of carbonyl (C=O) groups excluding carboxylic acids is 1. The molecule has 3 aliphatic carbocycles. The van der Waals surface area contributed by atoms with Crippen molar-refractivity contribution in [2.75, 3.05) is 66.0 Å². The molecule has 2 heterocycles. The molecule has 1 amide bonds. The van der Waals surface area contributed by atoms with Crippen LogP contribution in [0, 0.1) is 17.3 Å². The number of alkyl halides is 9. The van der Waals surface area contributed by atoms with E-state index in [1.165, 1.54) is 29.0 Å². The molecule has 1 aromatic carbocycles. The number of carbonyl (C=O) groups is 1. The smallest absolute Gasteiger partial charge is 0.435 e. The summed E-state index contributed by atoms with van der Waals surface area (Å²) in [5, 5.41) is 13.2. The minimum Gasteiger partial charge on any atom is -0.492 e. The molecule has 4 aliphatic rings. The lowest BCUT2D eigenvalue weighted by Gasteiger charge is -2.50. The van der Waals surface area contributed by atoms with Gasteiger partial charge in [-0.15, -0.1) is 0 Å². The molecule has 24 heteroatoms. The number of hydrogen-bond donors (Lipinski definition) is 3. The van der Waals surface area contributed by atoms with Crippen LogP contribution in [0.5, 0.6) is 5.75 Å². The van der Waals surface area contributed by atoms with Crippen molar-refractivity contribution in [3.8, 4) is 5.75 Å². The van der Waals surface area contributed by atoms with Gasteiger partial charge in [-0.1, -0.05) is 47.4 Å². The van der Waals surface area contributed by atoms with E-state index in [0.29, 0.717) is 31.4 Å². The van der Waals surface area contributed by atoms with Crippen molar-refractivity contribution in [2.24, 2.45) is 17.3 Å². The van der Waals surface area contributed by atoms with Crippen molar-refractivity contribution >= 4 is 27.5 Å². The van der Waals surface area contributed by atoms with Crippen molar-refractivity contribution in [3.05, 3.63) is 61.9 Å². The molecular weight excluding hydrogens is 1060 g/mol. The number of benzene rings is 1. The van der Waals surface area contributed by atoms with Crippen molar-refractivity contribution < 1.29 is 73.1 Å². The van der Waals surface area contributed by atoms with Gasteiger partial charge in [0.15, 0.2) is 0 Å². The van der Waals surface area contributed by atoms with Gasteiger partial charge in [0, 0.05) is 61.9 Å². The van der Waals surface area contributed by atoms with E-state index in [1.54, 1.807) is 0 Å². The van der Waals surface area contributed by atoms with Gasteiger partial charge in [-0.05, 0) is 144 Å². The van der Waals surface area contributed by atoms with Crippen LogP contribution in [0.2, 0.25) is 0 Å². The first kappa shape index (κ1) is 62.2. The lowest BCUT2D eigenvalue weighted by Crippen LogP contribution is -2.67. The highest BCUT2D eigenvalue weighted by molar-refractivity contribution is 8.77. The average molecular weight is 1140 g/mol. The van der Waals surface area contributed by atoms with Gasteiger partial charge in [0.05, 0.1) is 25.4 Å². The number of H-pyrrole nitrogens is 1. The molecule has 1 aliphatic heterocycles. The summed E-state index contributed by atoms with van der Waals surface area (Å²) >= 11 is 0. The first-order valence-corrected chi connectivity index (χ1v) is 28.7. The molecule has 1 aromatic heterocycles. The van der Waals surface area contributed by atoms with Crippen LogP contribution < -0.4 is 21.3 Å². The highest BCUT2D eigenvalue weighted by Gasteiger charge is 2.85. The highest BCUT2D eigenvalue weighted by Crippen LogP contribution is 2.62. The zero-order chi connectivity index (χ0) is 55.7. The summed E-state index contributed by atoms with van der Waals surface area (Å²) in [6, 6.07) is 6.34. The predicted molar refractivity (Wildman–Crippen MR) is 272 cm³/mol. The Hall–Kier alpha value is -3.00. The number of likely N-dealkylation sites (N-methyl/N-ethyl adjacent to an activating group) is 1. The fourth-order valence-corrected chi connectivity index (χ4v) is 14.3. The first-order chi connectivity index (χ1) is 35.7. The van der Waals surface area contributed by atoms with E-state index in [4.69, 9.17) is 18.9 Å². The van der Waals surface area contributed by atoms with E-state index in [0.717, 1.165) is 88.8 Å². The molecule has 3 N–H and O–H groups in total. The maximum Gasteiger partial charge on any atom is 0.435 e. The van der Waals surface area contributed by atoms with Crippen molar-refractivity contribution in [2.45, 2.75) is 176 Å². The van der Waals surface area contributed by atoms with Gasteiger partial charge in [0.25, 0.3) is 5.56 Å². The molecule has 3 fully saturated rings. The summed E-state index contributed by atoms with van der Waals surface area (Å²) in [5.74, 6) is 2.64. The van der Waals surface area contributed by atoms with E-state index in [-0.39, 0.29) is 66.1 Å². The van der Waals surface area contributed by atoms with Crippen molar-refractivity contribution in [1.29, 1.82) is 0 Å². The molecule has 0 bridgehead atoms. The number of hydrogen-bond acceptors (Lipinski definition) is 12. The average Bonchev–Trinajstić information content (AvgIpc) is 3.89. The molecule has 13 nitrogen and oxygen atoms in total. The van der Waals surface area contributed by atoms with Crippen LogP contribution in [0.25, 0.3) is 0 Å². The summed E-state index contributed by atoms with van der Waals surface area (Å²) in [7, 11) is 7.36. The van der Waals surface area contributed by atoms with Crippen molar-refractivity contribution in [3.63, 3.8) is 0 Å². The van der Waals surface area contributed by atoms with Crippen molar-refractivity contribution in [1.82, 2.24) is 19.8 Å². The monoisotopic (exact) mass is 1130 g/mol. The maximum atomic E-state index is 13.3. The Morgan fingerprint density at radius 3 is 2.38 bits per heavy atom. The van der Waals surface area contributed by atoms with Crippen LogP contribution in [0.1, 0.15) is 133 Å². The number of fused-ring (bicyclic) bond motifs is 5. The summed E-state index contributed by atoms with van der Waals surface area (Å²) in [6.07, 6.45) is -11.6. The van der Waals surface area contributed by atoms with Crippen LogP contribution in [0.15, 0.2) is 34.0 Å². The Morgan fingerprint density at radius 2 is 1.67 bits per heavy atom. The second-order valence-electron chi connectivity index (χ2n) is 21.7. The number of halogens is 9. The topological polar surface area (TPSA) is 154 Å². The highest BCUT2D eigenvalue weighted by atomic mass is 33.1. The molecule has 8 atom stereocenters. The van der Waals surface area contributed by atoms with E-state index < -0.39 is 66.8 Å². The van der Waals surface area contributed by atoms with E-state index in [1.807, 2.05) is 27.7 Å². The largest absolute Gasteiger partial charge is 0.492 e. The summed E-state index contributed by atoms with van der Waals surface area (Å²) in [4.78, 5) is 42.0. The second kappa shape index (κ2) is 26.5. The number of aromatic amines is 1. The summed E-state index contributed by atoms with van der Waals surface area (Å²) in [6.45, 7) is 7.78. The molecule has 0 radical (unpaired) electrons. The van der Waals surface area contributed by atoms with Gasteiger partial charge in [-0.3, -0.25) is 19.1 Å². The zero-order valence-electron chi connectivity index (χ0n) is 43.9. The minimum absolute atomic E-state index is 0.0722. The van der Waals surface area contributed by atoms with Gasteiger partial charge in [0.1, 0.15) is 24.7 Å². The number of aliphatic hydroxyl groups is 1. The molecule has 8 unspecified atom stereocenters. The van der Waals surface area contributed by atoms with Gasteiger partial charge in [-0.2, -0.15) is 39.5 Å². The van der Waals surface area contributed by atoms with Gasteiger partial charge in [-0.25, -0.2) is 4.79 Å². The van der Waals surface area contributed by atoms with Crippen LogP contribution in [0.4, 0.5) is 39.5 Å². The molecule has 432 valence electrons. The third-order valence-electron chi connectivity index (χ3n) is 15.8. The molecule has 2 aromatic rings. The number of amides is 1. The fourth-order valence-electron chi connectivity index (χ4n) is 11.6. The standard InChI is InChI=1S/C52H75F9N4O9S2/c1-47(2,76-75-28-9-7-6-8-22-62-43(67)18-12-34-31-65(46(69)63-45(34)68)44-30-40(66)41(74-44)32-70-5)21-23-64(4)24-27-71-35-13-15-36-33(29-35)11-14-38-37(36)19-20-48(3)39(38)16-17-42(48)72-25-10-26-73-49(50(53,54)55,51(56,57)58)52(59,60)61/h13,15,29,31,37-42,44,66H,6-12,14,16-28,30,32H2,1-5H3,(H,62,67)(H,63,68,69). The second-order valence-corrected chi connectivity index (χ2v) is 24.8. The molecular formula is C52H75F9N4O9S2. The zero-order valence-corrected chi connectivity index (χ0v) is 45.6. The number of nitrogens with one attached hydrogen (secondary N) is 2. The fraction of sp³-hybridized carbons (Fsp3) is 0.788. The van der Waals surface area contributed by atoms with Crippen LogP contribution in [-0.4, -0.2) is 139 Å². The first-order valence-electron chi connectivity index (χ1n) is 26.4. The van der Waals surface area contributed by atoms with Crippen LogP contribution in [0.3, 0.4) is 0 Å². The Morgan fingerprint density at radius 1 is 0.947 bits per heavy atom. The Bertz CT molecular complexity index is 2280. The number of rotatable bonds is 28. The van der Waals surface area contributed by atoms with Crippen LogP contribution >= 0.6 is 21.6 Å². The number of aliphatic hydroxyl groups excluding tert-OH is 1. The summed E-state index contributed by atoms with van der Waals surface area (Å²) < 4.78 is 147. The Labute approximate surface area is 446 Å². The third-order valence-corrected chi connectivity index (χ3v) is 19.3. The summed E-state index contributed by atoms with van der Waals surface area (Å²) in [5.41, 5.74) is -4.91. The van der Waals surface area contributed by atoms with Gasteiger partial charge < -0.3 is 39.0 Å². The van der Waals surface area contributed by atoms with E-state index >= 15 is 0 Å². The van der Waals surface area contributed by atoms with E-state index in [9.17, 15) is 59.0 Å². The predicted octanol–water partition coefficient (Wildman–Crippen LogP) is 10.1. The number of methoxy groups -OCH3 is 1.